The molecule has 0 aliphatic rings. The van der Waals surface area contributed by atoms with Crippen molar-refractivity contribution < 1.29 is 9.53 Å². The van der Waals surface area contributed by atoms with Crippen molar-refractivity contribution in [3.8, 4) is 0 Å². The fourth-order valence-electron chi connectivity index (χ4n) is 0.639. The lowest BCUT2D eigenvalue weighted by molar-refractivity contribution is 0.148. The van der Waals surface area contributed by atoms with Crippen molar-refractivity contribution in [1.82, 2.24) is 9.97 Å². The van der Waals surface area contributed by atoms with Gasteiger partial charge in [-0.3, -0.25) is 0 Å². The van der Waals surface area contributed by atoms with Crippen molar-refractivity contribution >= 4 is 6.09 Å². The van der Waals surface area contributed by atoms with E-state index in [1.165, 1.54) is 12.3 Å². The summed E-state index contributed by atoms with van der Waals surface area (Å²) in [6.45, 7) is -0.0485. The highest BCUT2D eigenvalue weighted by Gasteiger charge is 1.96. The lowest BCUT2D eigenvalue weighted by Gasteiger charge is -1.99. The maximum absolute atomic E-state index is 10.6. The Bertz CT molecular complexity index is 333. The average molecular weight is 169 g/mol. The number of carbonyl (C=O) groups excluding carboxylic acids is 1. The van der Waals surface area contributed by atoms with Gasteiger partial charge in [0.1, 0.15) is 6.61 Å². The SMILES string of the molecule is NC(=O)OCc1ccnc(=O)[nH]1. The van der Waals surface area contributed by atoms with Crippen LogP contribution in [0.1, 0.15) is 5.69 Å². The minimum absolute atomic E-state index is 0.0485. The van der Waals surface area contributed by atoms with E-state index in [0.29, 0.717) is 5.69 Å². The molecule has 12 heavy (non-hydrogen) atoms. The van der Waals surface area contributed by atoms with E-state index in [0.717, 1.165) is 0 Å². The second-order valence-electron chi connectivity index (χ2n) is 2.01. The van der Waals surface area contributed by atoms with Crippen LogP contribution in [0.4, 0.5) is 4.79 Å². The van der Waals surface area contributed by atoms with E-state index in [1.54, 1.807) is 0 Å². The summed E-state index contributed by atoms with van der Waals surface area (Å²) in [6, 6.07) is 1.52. The summed E-state index contributed by atoms with van der Waals surface area (Å²) in [5.74, 6) is 0. The molecule has 6 nitrogen and oxygen atoms in total. The van der Waals surface area contributed by atoms with Crippen molar-refractivity contribution in [2.24, 2.45) is 5.73 Å². The van der Waals surface area contributed by atoms with E-state index < -0.39 is 11.8 Å². The number of primary amides is 1. The molecule has 0 unspecified atom stereocenters. The highest BCUT2D eigenvalue weighted by molar-refractivity contribution is 5.64. The van der Waals surface area contributed by atoms with Gasteiger partial charge >= 0.3 is 11.8 Å². The van der Waals surface area contributed by atoms with Gasteiger partial charge in [0.15, 0.2) is 0 Å². The second-order valence-corrected chi connectivity index (χ2v) is 2.01. The number of amides is 1. The monoisotopic (exact) mass is 169 g/mol. The van der Waals surface area contributed by atoms with Crippen LogP contribution in [0.25, 0.3) is 0 Å². The van der Waals surface area contributed by atoms with E-state index in [1.807, 2.05) is 0 Å². The highest BCUT2D eigenvalue weighted by atomic mass is 16.5. The fourth-order valence-corrected chi connectivity index (χ4v) is 0.639. The third kappa shape index (κ3) is 2.41. The third-order valence-electron chi connectivity index (χ3n) is 1.10. The molecule has 1 aromatic heterocycles. The summed E-state index contributed by atoms with van der Waals surface area (Å²) in [4.78, 5) is 26.5. The Kier molecular flexibility index (Phi) is 2.42. The number of hydrogen-bond donors (Lipinski definition) is 2. The molecular weight excluding hydrogens is 162 g/mol. The maximum atomic E-state index is 10.6. The zero-order valence-electron chi connectivity index (χ0n) is 6.11. The quantitative estimate of drug-likeness (QED) is 0.615. The second kappa shape index (κ2) is 3.51. The number of nitrogens with two attached hydrogens (primary N) is 1. The summed E-state index contributed by atoms with van der Waals surface area (Å²) in [5, 5.41) is 0. The highest BCUT2D eigenvalue weighted by Crippen LogP contribution is 1.91. The minimum Gasteiger partial charge on any atom is -0.443 e. The van der Waals surface area contributed by atoms with Gasteiger partial charge in [-0.15, -0.1) is 0 Å². The largest absolute Gasteiger partial charge is 0.443 e. The predicted molar refractivity (Wildman–Crippen MR) is 39.2 cm³/mol. The molecule has 3 N–H and O–H groups in total. The van der Waals surface area contributed by atoms with Gasteiger partial charge < -0.3 is 15.5 Å². The van der Waals surface area contributed by atoms with E-state index in [2.05, 4.69) is 14.7 Å². The van der Waals surface area contributed by atoms with E-state index >= 15 is 0 Å². The Balaban J connectivity index is 2.64. The van der Waals surface area contributed by atoms with E-state index in [4.69, 9.17) is 5.73 Å². The van der Waals surface area contributed by atoms with Crippen LogP contribution in [0.15, 0.2) is 17.1 Å². The molecule has 1 amide bonds. The normalized spacial score (nSPS) is 9.33. The van der Waals surface area contributed by atoms with Crippen molar-refractivity contribution in [3.63, 3.8) is 0 Å². The first-order valence-electron chi connectivity index (χ1n) is 3.15. The summed E-state index contributed by atoms with van der Waals surface area (Å²) < 4.78 is 4.42. The van der Waals surface area contributed by atoms with E-state index in [-0.39, 0.29) is 6.61 Å². The zero-order chi connectivity index (χ0) is 8.97. The Morgan fingerprint density at radius 2 is 2.50 bits per heavy atom. The molecule has 0 aromatic carbocycles. The van der Waals surface area contributed by atoms with Gasteiger partial charge in [0.25, 0.3) is 0 Å². The molecule has 0 atom stereocenters. The van der Waals surface area contributed by atoms with Crippen LogP contribution in [0.3, 0.4) is 0 Å². The lowest BCUT2D eigenvalue weighted by atomic mass is 10.4. The standard InChI is InChI=1S/C6H7N3O3/c7-5(10)12-3-4-1-2-8-6(11)9-4/h1-2H,3H2,(H2,7,10)(H,8,9,11). The predicted octanol–water partition coefficient (Wildman–Crippen LogP) is -0.635. The van der Waals surface area contributed by atoms with Crippen molar-refractivity contribution in [2.75, 3.05) is 0 Å². The number of nitrogens with zero attached hydrogens (tertiary/aromatic N) is 1. The Hall–Kier alpha value is -1.85. The van der Waals surface area contributed by atoms with Gasteiger partial charge in [0.2, 0.25) is 0 Å². The number of hydrogen-bond acceptors (Lipinski definition) is 4. The molecule has 0 bridgehead atoms. The summed E-state index contributed by atoms with van der Waals surface area (Å²) in [7, 11) is 0. The first-order valence-corrected chi connectivity index (χ1v) is 3.15. The van der Waals surface area contributed by atoms with Gasteiger partial charge in [-0.25, -0.2) is 14.6 Å². The first-order chi connectivity index (χ1) is 5.68. The van der Waals surface area contributed by atoms with E-state index in [9.17, 15) is 9.59 Å². The third-order valence-corrected chi connectivity index (χ3v) is 1.10. The van der Waals surface area contributed by atoms with Gasteiger partial charge in [-0.2, -0.15) is 0 Å². The molecule has 0 saturated heterocycles. The van der Waals surface area contributed by atoms with Crippen LogP contribution < -0.4 is 11.4 Å². The molecule has 0 aliphatic heterocycles. The number of aromatic amines is 1. The smallest absolute Gasteiger partial charge is 0.404 e. The molecule has 1 aromatic rings. The lowest BCUT2D eigenvalue weighted by Crippen LogP contribution is -2.16. The van der Waals surface area contributed by atoms with Crippen molar-refractivity contribution in [1.29, 1.82) is 0 Å². The zero-order valence-corrected chi connectivity index (χ0v) is 6.11. The molecule has 64 valence electrons. The Labute approximate surface area is 67.4 Å². The summed E-state index contributed by atoms with van der Waals surface area (Å²) >= 11 is 0. The van der Waals surface area contributed by atoms with Gasteiger partial charge in [0.05, 0.1) is 5.69 Å². The van der Waals surface area contributed by atoms with Crippen molar-refractivity contribution in [3.05, 3.63) is 28.4 Å². The molecule has 0 aliphatic carbocycles. The summed E-state index contributed by atoms with van der Waals surface area (Å²) in [5.41, 5.74) is 4.68. The number of ether oxygens (including phenoxy) is 1. The molecule has 6 heteroatoms. The maximum Gasteiger partial charge on any atom is 0.404 e. The van der Waals surface area contributed by atoms with Crippen LogP contribution >= 0.6 is 0 Å². The van der Waals surface area contributed by atoms with Crippen LogP contribution in [-0.2, 0) is 11.3 Å². The van der Waals surface area contributed by atoms with Crippen molar-refractivity contribution in [2.45, 2.75) is 6.61 Å². The molecule has 1 heterocycles. The molecule has 0 radical (unpaired) electrons. The van der Waals surface area contributed by atoms with Crippen LogP contribution in [0, 0.1) is 0 Å². The number of carbonyl (C=O) groups is 1. The fraction of sp³-hybridized carbons (Fsp3) is 0.167. The molecular formula is C6H7N3O3. The summed E-state index contributed by atoms with van der Waals surface area (Å²) in [6.07, 6.45) is 0.436. The van der Waals surface area contributed by atoms with Crippen LogP contribution in [0.5, 0.6) is 0 Å². The topological polar surface area (TPSA) is 98.1 Å². The van der Waals surface area contributed by atoms with Gasteiger partial charge in [-0.1, -0.05) is 0 Å². The van der Waals surface area contributed by atoms with Crippen LogP contribution in [0.2, 0.25) is 0 Å². The Morgan fingerprint density at radius 3 is 3.08 bits per heavy atom. The first kappa shape index (κ1) is 8.25. The molecule has 0 spiro atoms. The number of aromatic nitrogens is 2. The Morgan fingerprint density at radius 1 is 1.75 bits per heavy atom. The number of nitrogens with one attached hydrogen (secondary N) is 1. The van der Waals surface area contributed by atoms with Crippen LogP contribution in [-0.4, -0.2) is 16.1 Å². The molecule has 1 rings (SSSR count). The number of H-pyrrole nitrogens is 1. The number of rotatable bonds is 2. The minimum atomic E-state index is -0.882. The average Bonchev–Trinajstić information content (AvgIpc) is 2.01. The van der Waals surface area contributed by atoms with Gasteiger partial charge in [-0.05, 0) is 6.07 Å². The molecule has 0 fully saturated rings. The van der Waals surface area contributed by atoms with Gasteiger partial charge in [0, 0.05) is 6.20 Å². The molecule has 0 saturated carbocycles.